The molecule has 2 fully saturated rings. The zero-order valence-electron chi connectivity index (χ0n) is 17.9. The number of aromatic nitrogens is 4. The molecule has 7 nitrogen and oxygen atoms in total. The maximum absolute atomic E-state index is 14.2. The zero-order valence-corrected chi connectivity index (χ0v) is 17.9. The second kappa shape index (κ2) is 7.92. The van der Waals surface area contributed by atoms with Gasteiger partial charge in [-0.05, 0) is 57.5 Å². The Bertz CT molecular complexity index is 1080. The number of ether oxygens (including phenoxy) is 1. The van der Waals surface area contributed by atoms with E-state index in [0.29, 0.717) is 22.5 Å². The number of halogens is 1. The second-order valence-corrected chi connectivity index (χ2v) is 8.81. The molecule has 1 aromatic carbocycles. The summed E-state index contributed by atoms with van der Waals surface area (Å²) in [5.41, 5.74) is 1.77. The molecule has 0 saturated carbocycles. The number of nitrogens with one attached hydrogen (secondary N) is 1. The predicted molar refractivity (Wildman–Crippen MR) is 117 cm³/mol. The number of benzene rings is 1. The summed E-state index contributed by atoms with van der Waals surface area (Å²) >= 11 is 0. The molecule has 2 aliphatic heterocycles. The van der Waals surface area contributed by atoms with E-state index in [1.807, 2.05) is 24.6 Å². The van der Waals surface area contributed by atoms with Crippen LogP contribution >= 0.6 is 0 Å². The van der Waals surface area contributed by atoms with Gasteiger partial charge in [0, 0.05) is 42.9 Å². The Morgan fingerprint density at radius 3 is 2.90 bits per heavy atom. The van der Waals surface area contributed by atoms with Crippen molar-refractivity contribution in [3.8, 4) is 22.8 Å². The highest BCUT2D eigenvalue weighted by atomic mass is 19.1. The van der Waals surface area contributed by atoms with Crippen molar-refractivity contribution in [3.05, 3.63) is 48.8 Å². The van der Waals surface area contributed by atoms with Crippen LogP contribution in [0.2, 0.25) is 0 Å². The van der Waals surface area contributed by atoms with Crippen LogP contribution in [0.4, 0.5) is 10.2 Å². The van der Waals surface area contributed by atoms with Crippen molar-refractivity contribution in [1.29, 1.82) is 0 Å². The number of anilines is 1. The first kappa shape index (κ1) is 19.9. The van der Waals surface area contributed by atoms with Gasteiger partial charge in [0.05, 0.1) is 11.9 Å². The number of hydrogen-bond donors (Lipinski definition) is 1. The molecule has 1 N–H and O–H groups in total. The third-order valence-electron chi connectivity index (χ3n) is 6.33. The average Bonchev–Trinajstić information content (AvgIpc) is 3.52. The smallest absolute Gasteiger partial charge is 0.188 e. The molecule has 3 aromatic rings. The molecule has 162 valence electrons. The minimum absolute atomic E-state index is 0.137. The van der Waals surface area contributed by atoms with E-state index in [4.69, 9.17) is 4.74 Å². The van der Waals surface area contributed by atoms with Gasteiger partial charge in [-0.3, -0.25) is 4.68 Å². The molecule has 2 saturated heterocycles. The fourth-order valence-electron chi connectivity index (χ4n) is 4.73. The van der Waals surface area contributed by atoms with Crippen LogP contribution in [0.25, 0.3) is 11.3 Å². The van der Waals surface area contributed by atoms with Crippen LogP contribution in [0.15, 0.2) is 43.0 Å². The van der Waals surface area contributed by atoms with E-state index < -0.39 is 0 Å². The highest BCUT2D eigenvalue weighted by Crippen LogP contribution is 2.42. The zero-order chi connectivity index (χ0) is 21.4. The van der Waals surface area contributed by atoms with Crippen LogP contribution in [0.3, 0.4) is 0 Å². The molecule has 1 atom stereocenters. The lowest BCUT2D eigenvalue weighted by Crippen LogP contribution is -2.29. The van der Waals surface area contributed by atoms with Crippen molar-refractivity contribution in [3.63, 3.8) is 0 Å². The van der Waals surface area contributed by atoms with Crippen molar-refractivity contribution in [1.82, 2.24) is 25.1 Å². The largest absolute Gasteiger partial charge is 0.451 e. The van der Waals surface area contributed by atoms with Crippen molar-refractivity contribution < 1.29 is 9.13 Å². The lowest BCUT2D eigenvalue weighted by molar-refractivity contribution is 0.369. The average molecular weight is 423 g/mol. The molecule has 1 unspecified atom stereocenters. The van der Waals surface area contributed by atoms with Crippen LogP contribution in [-0.2, 0) is 0 Å². The molecule has 0 bridgehead atoms. The molecule has 2 aromatic heterocycles. The third kappa shape index (κ3) is 3.76. The van der Waals surface area contributed by atoms with Gasteiger partial charge in [0.15, 0.2) is 11.6 Å². The maximum atomic E-state index is 14.2. The first-order valence-corrected chi connectivity index (χ1v) is 10.8. The van der Waals surface area contributed by atoms with E-state index in [1.165, 1.54) is 18.6 Å². The summed E-state index contributed by atoms with van der Waals surface area (Å²) < 4.78 is 22.4. The summed E-state index contributed by atoms with van der Waals surface area (Å²) in [4.78, 5) is 11.0. The summed E-state index contributed by atoms with van der Waals surface area (Å²) in [7, 11) is 0. The lowest BCUT2D eigenvalue weighted by atomic mass is 9.87. The Hall–Kier alpha value is -3.00. The molecule has 2 aliphatic rings. The molecule has 8 heteroatoms. The molecular weight excluding hydrogens is 395 g/mol. The van der Waals surface area contributed by atoms with Gasteiger partial charge in [-0.25, -0.2) is 14.4 Å². The van der Waals surface area contributed by atoms with Gasteiger partial charge in [0.1, 0.15) is 17.9 Å². The van der Waals surface area contributed by atoms with Crippen molar-refractivity contribution >= 4 is 5.82 Å². The van der Waals surface area contributed by atoms with E-state index in [0.717, 1.165) is 44.1 Å². The Morgan fingerprint density at radius 1 is 1.19 bits per heavy atom. The Labute approximate surface area is 181 Å². The molecule has 31 heavy (non-hydrogen) atoms. The Kier molecular flexibility index (Phi) is 5.09. The molecular formula is C23H27FN6O. The minimum Gasteiger partial charge on any atom is -0.451 e. The van der Waals surface area contributed by atoms with Crippen molar-refractivity contribution in [2.45, 2.75) is 32.7 Å². The quantitative estimate of drug-likeness (QED) is 0.669. The van der Waals surface area contributed by atoms with E-state index in [9.17, 15) is 4.39 Å². The second-order valence-electron chi connectivity index (χ2n) is 8.81. The highest BCUT2D eigenvalue weighted by molar-refractivity contribution is 5.69. The predicted octanol–water partition coefficient (Wildman–Crippen LogP) is 4.04. The van der Waals surface area contributed by atoms with E-state index in [2.05, 4.69) is 25.3 Å². The van der Waals surface area contributed by atoms with E-state index in [1.54, 1.807) is 24.8 Å². The van der Waals surface area contributed by atoms with E-state index in [-0.39, 0.29) is 11.9 Å². The molecule has 0 amide bonds. The number of rotatable bonds is 5. The van der Waals surface area contributed by atoms with Gasteiger partial charge in [0.2, 0.25) is 0 Å². The third-order valence-corrected chi connectivity index (χ3v) is 6.33. The standard InChI is InChI=1S/C23H27FN6O/c1-16(2)30-19(5-8-28-30)18-11-17(24)3-4-20(18)31-21-12-26-15-27-22(21)29-10-7-23(14-29)6-9-25-13-23/h3-5,8,11-12,15-16,25H,6-7,9-10,13-14H2,1-2H3. The molecule has 5 rings (SSSR count). The van der Waals surface area contributed by atoms with Crippen molar-refractivity contribution in [2.75, 3.05) is 31.1 Å². The van der Waals surface area contributed by atoms with Gasteiger partial charge >= 0.3 is 0 Å². The summed E-state index contributed by atoms with van der Waals surface area (Å²) in [6.07, 6.45) is 7.29. The van der Waals surface area contributed by atoms with E-state index >= 15 is 0 Å². The Balaban J connectivity index is 1.49. The summed E-state index contributed by atoms with van der Waals surface area (Å²) in [5.74, 6) is 1.59. The summed E-state index contributed by atoms with van der Waals surface area (Å²) in [6.45, 7) is 8.09. The number of nitrogens with zero attached hydrogens (tertiary/aromatic N) is 5. The van der Waals surface area contributed by atoms with Crippen LogP contribution in [0.5, 0.6) is 11.5 Å². The minimum atomic E-state index is -0.321. The molecule has 4 heterocycles. The molecule has 0 radical (unpaired) electrons. The van der Waals surface area contributed by atoms with Crippen LogP contribution in [0, 0.1) is 11.2 Å². The van der Waals surface area contributed by atoms with Crippen LogP contribution in [-0.4, -0.2) is 45.9 Å². The van der Waals surface area contributed by atoms with Crippen LogP contribution in [0.1, 0.15) is 32.7 Å². The fraction of sp³-hybridized carbons (Fsp3) is 0.435. The van der Waals surface area contributed by atoms with Gasteiger partial charge < -0.3 is 15.0 Å². The monoisotopic (exact) mass is 422 g/mol. The Morgan fingerprint density at radius 2 is 2.10 bits per heavy atom. The van der Waals surface area contributed by atoms with Gasteiger partial charge in [0.25, 0.3) is 0 Å². The van der Waals surface area contributed by atoms with Gasteiger partial charge in [-0.1, -0.05) is 0 Å². The topological polar surface area (TPSA) is 68.1 Å². The number of hydrogen-bond acceptors (Lipinski definition) is 6. The fourth-order valence-corrected chi connectivity index (χ4v) is 4.73. The first-order chi connectivity index (χ1) is 15.0. The van der Waals surface area contributed by atoms with Crippen LogP contribution < -0.4 is 15.0 Å². The summed E-state index contributed by atoms with van der Waals surface area (Å²) in [5, 5.41) is 7.88. The summed E-state index contributed by atoms with van der Waals surface area (Å²) in [6, 6.07) is 6.57. The normalized spacial score (nSPS) is 20.8. The van der Waals surface area contributed by atoms with Crippen molar-refractivity contribution in [2.24, 2.45) is 5.41 Å². The van der Waals surface area contributed by atoms with Gasteiger partial charge in [-0.2, -0.15) is 5.10 Å². The molecule has 0 aliphatic carbocycles. The highest BCUT2D eigenvalue weighted by Gasteiger charge is 2.41. The lowest BCUT2D eigenvalue weighted by Gasteiger charge is -2.24. The first-order valence-electron chi connectivity index (χ1n) is 10.8. The van der Waals surface area contributed by atoms with Gasteiger partial charge in [-0.15, -0.1) is 0 Å². The molecule has 1 spiro atoms. The maximum Gasteiger partial charge on any atom is 0.188 e. The SMILES string of the molecule is CC(C)n1nccc1-c1cc(F)ccc1Oc1cncnc1N1CCC2(CCNC2)C1.